The van der Waals surface area contributed by atoms with Gasteiger partial charge in [-0.2, -0.15) is 11.3 Å². The standard InChI is InChI=1S/C10H14N2S2/c1-7-8(2)14-10(12-7)11-5-9-3-4-13-6-9/h3-4,6-8H,5H2,1-2H3,(H,11,12). The summed E-state index contributed by atoms with van der Waals surface area (Å²) < 4.78 is 0. The molecule has 2 rings (SSSR count). The summed E-state index contributed by atoms with van der Waals surface area (Å²) in [6.45, 7) is 5.23. The fraction of sp³-hybridized carbons (Fsp3) is 0.500. The Morgan fingerprint density at radius 1 is 1.50 bits per heavy atom. The van der Waals surface area contributed by atoms with E-state index in [0.717, 1.165) is 11.7 Å². The number of thiophene rings is 1. The Morgan fingerprint density at radius 3 is 2.93 bits per heavy atom. The van der Waals surface area contributed by atoms with E-state index in [-0.39, 0.29) is 0 Å². The molecule has 2 heterocycles. The Bertz CT molecular complexity index is 307. The largest absolute Gasteiger partial charge is 0.361 e. The second-order valence-corrected chi connectivity index (χ2v) is 5.65. The normalized spacial score (nSPS) is 29.4. The van der Waals surface area contributed by atoms with Crippen molar-refractivity contribution in [2.24, 2.45) is 4.99 Å². The number of nitrogens with one attached hydrogen (secondary N) is 1. The molecule has 1 aromatic rings. The van der Waals surface area contributed by atoms with Gasteiger partial charge in [0.1, 0.15) is 0 Å². The Hall–Kier alpha value is -0.480. The van der Waals surface area contributed by atoms with Gasteiger partial charge in [-0.25, -0.2) is 0 Å². The van der Waals surface area contributed by atoms with Crippen LogP contribution in [0.15, 0.2) is 21.8 Å². The first-order chi connectivity index (χ1) is 6.75. The fourth-order valence-electron chi connectivity index (χ4n) is 1.25. The molecule has 0 saturated carbocycles. The van der Waals surface area contributed by atoms with Crippen LogP contribution in [-0.4, -0.2) is 16.5 Å². The zero-order chi connectivity index (χ0) is 9.97. The minimum absolute atomic E-state index is 0.543. The maximum absolute atomic E-state index is 4.54. The summed E-state index contributed by atoms with van der Waals surface area (Å²) >= 11 is 3.56. The van der Waals surface area contributed by atoms with E-state index in [4.69, 9.17) is 0 Å². The molecule has 2 atom stereocenters. The van der Waals surface area contributed by atoms with Crippen molar-refractivity contribution >= 4 is 28.3 Å². The molecule has 1 fully saturated rings. The minimum Gasteiger partial charge on any atom is -0.361 e. The zero-order valence-corrected chi connectivity index (χ0v) is 9.99. The summed E-state index contributed by atoms with van der Waals surface area (Å²) in [7, 11) is 0. The first kappa shape index (κ1) is 10.1. The molecule has 14 heavy (non-hydrogen) atoms. The molecule has 1 aliphatic rings. The predicted molar refractivity (Wildman–Crippen MR) is 65.1 cm³/mol. The number of thioether (sulfide) groups is 1. The Morgan fingerprint density at radius 2 is 2.36 bits per heavy atom. The average Bonchev–Trinajstić information content (AvgIpc) is 2.74. The van der Waals surface area contributed by atoms with Crippen molar-refractivity contribution in [3.8, 4) is 0 Å². The van der Waals surface area contributed by atoms with Crippen molar-refractivity contribution in [1.29, 1.82) is 0 Å². The molecule has 76 valence electrons. The highest BCUT2D eigenvalue weighted by Crippen LogP contribution is 2.23. The second-order valence-electron chi connectivity index (χ2n) is 3.51. The lowest BCUT2D eigenvalue weighted by Crippen LogP contribution is -2.26. The molecular formula is C10H14N2S2. The molecule has 1 saturated heterocycles. The van der Waals surface area contributed by atoms with Crippen molar-refractivity contribution in [1.82, 2.24) is 5.32 Å². The van der Waals surface area contributed by atoms with Crippen LogP contribution in [0, 0.1) is 0 Å². The number of aliphatic imine (C=N–C) groups is 1. The third kappa shape index (κ3) is 2.30. The van der Waals surface area contributed by atoms with E-state index in [2.05, 4.69) is 41.0 Å². The second kappa shape index (κ2) is 4.36. The molecule has 1 aromatic heterocycles. The molecule has 0 aromatic carbocycles. The Kier molecular flexibility index (Phi) is 3.13. The summed E-state index contributed by atoms with van der Waals surface area (Å²) in [5, 5.41) is 9.35. The van der Waals surface area contributed by atoms with Crippen molar-refractivity contribution in [3.05, 3.63) is 22.4 Å². The van der Waals surface area contributed by atoms with Gasteiger partial charge in [0, 0.05) is 11.3 Å². The lowest BCUT2D eigenvalue weighted by Gasteiger charge is -2.04. The Balaban J connectivity index is 1.93. The van der Waals surface area contributed by atoms with Gasteiger partial charge in [0.05, 0.1) is 6.54 Å². The van der Waals surface area contributed by atoms with Gasteiger partial charge in [-0.1, -0.05) is 18.7 Å². The molecule has 2 nitrogen and oxygen atoms in total. The van der Waals surface area contributed by atoms with Crippen molar-refractivity contribution < 1.29 is 0 Å². The third-order valence-corrected chi connectivity index (χ3v) is 4.32. The highest BCUT2D eigenvalue weighted by Gasteiger charge is 2.23. The summed E-state index contributed by atoms with van der Waals surface area (Å²) in [5.74, 6) is 0. The predicted octanol–water partition coefficient (Wildman–Crippen LogP) is 2.72. The van der Waals surface area contributed by atoms with Gasteiger partial charge in [0.2, 0.25) is 0 Å². The van der Waals surface area contributed by atoms with E-state index in [9.17, 15) is 0 Å². The van der Waals surface area contributed by atoms with E-state index >= 15 is 0 Å². The lowest BCUT2D eigenvalue weighted by atomic mass is 10.3. The quantitative estimate of drug-likeness (QED) is 0.838. The zero-order valence-electron chi connectivity index (χ0n) is 8.36. The molecule has 4 heteroatoms. The molecule has 1 aliphatic heterocycles. The summed E-state index contributed by atoms with van der Waals surface area (Å²) in [6, 6.07) is 2.67. The van der Waals surface area contributed by atoms with Crippen molar-refractivity contribution in [2.75, 3.05) is 0 Å². The molecule has 0 amide bonds. The number of rotatable bonds is 2. The molecule has 0 spiro atoms. The van der Waals surface area contributed by atoms with E-state index in [1.165, 1.54) is 5.56 Å². The van der Waals surface area contributed by atoms with Crippen LogP contribution < -0.4 is 5.32 Å². The van der Waals surface area contributed by atoms with Gasteiger partial charge in [-0.05, 0) is 29.3 Å². The summed E-state index contributed by atoms with van der Waals surface area (Å²) in [6.07, 6.45) is 0. The molecule has 0 radical (unpaired) electrons. The molecular weight excluding hydrogens is 212 g/mol. The maximum Gasteiger partial charge on any atom is 0.157 e. The molecule has 0 bridgehead atoms. The first-order valence-corrected chi connectivity index (χ1v) is 6.56. The van der Waals surface area contributed by atoms with E-state index < -0.39 is 0 Å². The molecule has 2 unspecified atom stereocenters. The number of nitrogens with zero attached hydrogens (tertiary/aromatic N) is 1. The summed E-state index contributed by atoms with van der Waals surface area (Å²) in [4.78, 5) is 4.54. The topological polar surface area (TPSA) is 24.4 Å². The lowest BCUT2D eigenvalue weighted by molar-refractivity contribution is 0.677. The molecule has 1 N–H and O–H groups in total. The van der Waals surface area contributed by atoms with Crippen LogP contribution in [0.1, 0.15) is 19.4 Å². The monoisotopic (exact) mass is 226 g/mol. The smallest absolute Gasteiger partial charge is 0.157 e. The van der Waals surface area contributed by atoms with E-state index in [1.807, 2.05) is 11.8 Å². The van der Waals surface area contributed by atoms with Crippen LogP contribution in [0.3, 0.4) is 0 Å². The average molecular weight is 226 g/mol. The SMILES string of the molecule is CC1NC(=NCc2ccsc2)SC1C. The van der Waals surface area contributed by atoms with Crippen LogP contribution in [-0.2, 0) is 6.54 Å². The van der Waals surface area contributed by atoms with Crippen LogP contribution in [0.2, 0.25) is 0 Å². The van der Waals surface area contributed by atoms with Crippen LogP contribution >= 0.6 is 23.1 Å². The van der Waals surface area contributed by atoms with Crippen LogP contribution in [0.5, 0.6) is 0 Å². The van der Waals surface area contributed by atoms with Crippen molar-refractivity contribution in [3.63, 3.8) is 0 Å². The van der Waals surface area contributed by atoms with Gasteiger partial charge in [0.15, 0.2) is 5.17 Å². The number of hydrogen-bond donors (Lipinski definition) is 1. The fourth-order valence-corrected chi connectivity index (χ4v) is 2.93. The van der Waals surface area contributed by atoms with E-state index in [0.29, 0.717) is 11.3 Å². The van der Waals surface area contributed by atoms with Gasteiger partial charge < -0.3 is 5.32 Å². The summed E-state index contributed by atoms with van der Waals surface area (Å²) in [5.41, 5.74) is 1.30. The third-order valence-electron chi connectivity index (χ3n) is 2.34. The van der Waals surface area contributed by atoms with Crippen LogP contribution in [0.4, 0.5) is 0 Å². The van der Waals surface area contributed by atoms with Gasteiger partial charge >= 0.3 is 0 Å². The highest BCUT2D eigenvalue weighted by atomic mass is 32.2. The van der Waals surface area contributed by atoms with Crippen molar-refractivity contribution in [2.45, 2.75) is 31.7 Å². The molecule has 0 aliphatic carbocycles. The van der Waals surface area contributed by atoms with Gasteiger partial charge in [0.25, 0.3) is 0 Å². The number of amidine groups is 1. The van der Waals surface area contributed by atoms with Gasteiger partial charge in [-0.3, -0.25) is 4.99 Å². The first-order valence-electron chi connectivity index (χ1n) is 4.74. The minimum atomic E-state index is 0.543. The number of hydrogen-bond acceptors (Lipinski definition) is 3. The Labute approximate surface area is 92.8 Å². The van der Waals surface area contributed by atoms with E-state index in [1.54, 1.807) is 11.3 Å². The van der Waals surface area contributed by atoms with Crippen LogP contribution in [0.25, 0.3) is 0 Å². The maximum atomic E-state index is 4.54. The highest BCUT2D eigenvalue weighted by molar-refractivity contribution is 8.14. The van der Waals surface area contributed by atoms with Gasteiger partial charge in [-0.15, -0.1) is 0 Å².